The van der Waals surface area contributed by atoms with Crippen molar-refractivity contribution in [3.8, 4) is 5.75 Å². The van der Waals surface area contributed by atoms with E-state index in [-0.39, 0.29) is 22.3 Å². The van der Waals surface area contributed by atoms with Gasteiger partial charge in [0.1, 0.15) is 5.75 Å². The maximum absolute atomic E-state index is 10.9. The molecule has 1 atom stereocenters. The molecular formula is C15H24N2O3. The van der Waals surface area contributed by atoms with E-state index in [0.717, 1.165) is 12.0 Å². The number of hydrogen-bond donors (Lipinski definition) is 1. The van der Waals surface area contributed by atoms with E-state index in [1.807, 2.05) is 13.8 Å². The minimum atomic E-state index is -0.381. The van der Waals surface area contributed by atoms with Gasteiger partial charge in [-0.3, -0.25) is 10.1 Å². The summed E-state index contributed by atoms with van der Waals surface area (Å²) in [5, 5.41) is 14.2. The van der Waals surface area contributed by atoms with Crippen molar-refractivity contribution in [1.29, 1.82) is 0 Å². The lowest BCUT2D eigenvalue weighted by molar-refractivity contribution is -0.384. The molecule has 0 aliphatic carbocycles. The van der Waals surface area contributed by atoms with Gasteiger partial charge in [-0.25, -0.2) is 0 Å². The summed E-state index contributed by atoms with van der Waals surface area (Å²) < 4.78 is 5.83. The quantitative estimate of drug-likeness (QED) is 0.638. The molecule has 1 aromatic carbocycles. The van der Waals surface area contributed by atoms with Crippen molar-refractivity contribution >= 4 is 5.69 Å². The van der Waals surface area contributed by atoms with Crippen molar-refractivity contribution in [3.05, 3.63) is 33.9 Å². The molecule has 112 valence electrons. The van der Waals surface area contributed by atoms with Crippen molar-refractivity contribution in [3.63, 3.8) is 0 Å². The van der Waals surface area contributed by atoms with E-state index in [4.69, 9.17) is 4.74 Å². The van der Waals surface area contributed by atoms with Gasteiger partial charge in [-0.15, -0.1) is 0 Å². The maximum Gasteiger partial charge on any atom is 0.270 e. The molecule has 1 rings (SSSR count). The average Bonchev–Trinajstić information content (AvgIpc) is 2.36. The number of nitrogens with zero attached hydrogens (tertiary/aromatic N) is 1. The third kappa shape index (κ3) is 5.17. The number of nitro groups is 1. The Labute approximate surface area is 120 Å². The van der Waals surface area contributed by atoms with Gasteiger partial charge < -0.3 is 10.1 Å². The Balaban J connectivity index is 3.00. The normalized spacial score (nSPS) is 13.1. The molecule has 0 saturated heterocycles. The Kier molecular flexibility index (Phi) is 5.51. The zero-order valence-corrected chi connectivity index (χ0v) is 12.9. The van der Waals surface area contributed by atoms with Crippen molar-refractivity contribution in [1.82, 2.24) is 5.32 Å². The molecule has 0 saturated carbocycles. The SMILES string of the molecule is CCC(C)Oc1ccc([N+](=O)[O-])cc1CNC(C)(C)C. The largest absolute Gasteiger partial charge is 0.490 e. The molecule has 0 radical (unpaired) electrons. The Bertz CT molecular complexity index is 467. The van der Waals surface area contributed by atoms with Crippen LogP contribution in [0, 0.1) is 10.1 Å². The monoisotopic (exact) mass is 280 g/mol. The number of benzene rings is 1. The lowest BCUT2D eigenvalue weighted by Gasteiger charge is -2.22. The first-order valence-corrected chi connectivity index (χ1v) is 6.92. The molecule has 0 bridgehead atoms. The summed E-state index contributed by atoms with van der Waals surface area (Å²) in [5.74, 6) is 0.710. The first-order chi connectivity index (χ1) is 9.23. The van der Waals surface area contributed by atoms with Gasteiger partial charge >= 0.3 is 0 Å². The Morgan fingerprint density at radius 3 is 2.55 bits per heavy atom. The van der Waals surface area contributed by atoms with Crippen molar-refractivity contribution in [2.24, 2.45) is 0 Å². The van der Waals surface area contributed by atoms with Crippen LogP contribution in [0.2, 0.25) is 0 Å². The van der Waals surface area contributed by atoms with Crippen LogP contribution in [-0.2, 0) is 6.54 Å². The molecule has 0 amide bonds. The first-order valence-electron chi connectivity index (χ1n) is 6.92. The van der Waals surface area contributed by atoms with Crippen LogP contribution in [0.5, 0.6) is 5.75 Å². The zero-order chi connectivity index (χ0) is 15.3. The second-order valence-electron chi connectivity index (χ2n) is 5.99. The molecular weight excluding hydrogens is 256 g/mol. The first kappa shape index (κ1) is 16.4. The highest BCUT2D eigenvalue weighted by Gasteiger charge is 2.16. The molecule has 5 nitrogen and oxygen atoms in total. The number of hydrogen-bond acceptors (Lipinski definition) is 4. The van der Waals surface area contributed by atoms with Gasteiger partial charge in [-0.05, 0) is 40.2 Å². The van der Waals surface area contributed by atoms with Crippen LogP contribution < -0.4 is 10.1 Å². The van der Waals surface area contributed by atoms with E-state index >= 15 is 0 Å². The molecule has 1 aromatic rings. The van der Waals surface area contributed by atoms with E-state index in [1.165, 1.54) is 6.07 Å². The lowest BCUT2D eigenvalue weighted by Crippen LogP contribution is -2.35. The number of non-ortho nitro benzene ring substituents is 1. The smallest absolute Gasteiger partial charge is 0.270 e. The predicted octanol–water partition coefficient (Wildman–Crippen LogP) is 3.66. The molecule has 0 aliphatic heterocycles. The number of nitrogens with one attached hydrogen (secondary N) is 1. The molecule has 1 unspecified atom stereocenters. The van der Waals surface area contributed by atoms with Gasteiger partial charge in [-0.1, -0.05) is 6.92 Å². The van der Waals surface area contributed by atoms with Crippen molar-refractivity contribution < 1.29 is 9.66 Å². The number of rotatable bonds is 6. The van der Waals surface area contributed by atoms with Crippen LogP contribution in [0.3, 0.4) is 0 Å². The minimum absolute atomic E-state index is 0.0573. The Morgan fingerprint density at radius 2 is 2.05 bits per heavy atom. The predicted molar refractivity (Wildman–Crippen MR) is 80.1 cm³/mol. The van der Waals surface area contributed by atoms with Crippen LogP contribution in [0.25, 0.3) is 0 Å². The van der Waals surface area contributed by atoms with E-state index in [0.29, 0.717) is 12.3 Å². The third-order valence-corrected chi connectivity index (χ3v) is 2.97. The zero-order valence-electron chi connectivity index (χ0n) is 12.9. The fourth-order valence-corrected chi connectivity index (χ4v) is 1.59. The molecule has 0 aliphatic rings. The summed E-state index contributed by atoms with van der Waals surface area (Å²) >= 11 is 0. The summed E-state index contributed by atoms with van der Waals surface area (Å²) in [6.07, 6.45) is 0.980. The van der Waals surface area contributed by atoms with Crippen LogP contribution in [0.1, 0.15) is 46.6 Å². The molecule has 0 heterocycles. The van der Waals surface area contributed by atoms with Gasteiger partial charge in [0, 0.05) is 29.8 Å². The summed E-state index contributed by atoms with van der Waals surface area (Å²) in [4.78, 5) is 10.5. The minimum Gasteiger partial charge on any atom is -0.490 e. The summed E-state index contributed by atoms with van der Waals surface area (Å²) in [6, 6.07) is 4.75. The fourth-order valence-electron chi connectivity index (χ4n) is 1.59. The Hall–Kier alpha value is -1.62. The molecule has 1 N–H and O–H groups in total. The van der Waals surface area contributed by atoms with Crippen LogP contribution in [0.4, 0.5) is 5.69 Å². The lowest BCUT2D eigenvalue weighted by atomic mass is 10.1. The molecule has 0 spiro atoms. The van der Waals surface area contributed by atoms with Crippen LogP contribution in [-0.4, -0.2) is 16.6 Å². The molecule has 0 aromatic heterocycles. The molecule has 5 heteroatoms. The molecule has 0 fully saturated rings. The number of nitro benzene ring substituents is 1. The van der Waals surface area contributed by atoms with Crippen LogP contribution >= 0.6 is 0 Å². The van der Waals surface area contributed by atoms with Gasteiger partial charge in [0.25, 0.3) is 5.69 Å². The third-order valence-electron chi connectivity index (χ3n) is 2.97. The van der Waals surface area contributed by atoms with E-state index < -0.39 is 0 Å². The van der Waals surface area contributed by atoms with Crippen molar-refractivity contribution in [2.45, 2.75) is 59.2 Å². The fraction of sp³-hybridized carbons (Fsp3) is 0.600. The average molecular weight is 280 g/mol. The van der Waals surface area contributed by atoms with E-state index in [9.17, 15) is 10.1 Å². The van der Waals surface area contributed by atoms with Crippen LogP contribution in [0.15, 0.2) is 18.2 Å². The molecule has 20 heavy (non-hydrogen) atoms. The second kappa shape index (κ2) is 6.70. The van der Waals surface area contributed by atoms with Gasteiger partial charge in [-0.2, -0.15) is 0 Å². The van der Waals surface area contributed by atoms with Gasteiger partial charge in [0.05, 0.1) is 11.0 Å². The highest BCUT2D eigenvalue weighted by molar-refractivity contribution is 5.44. The Morgan fingerprint density at radius 1 is 1.40 bits per heavy atom. The highest BCUT2D eigenvalue weighted by atomic mass is 16.6. The number of ether oxygens (including phenoxy) is 1. The van der Waals surface area contributed by atoms with Crippen molar-refractivity contribution in [2.75, 3.05) is 0 Å². The van der Waals surface area contributed by atoms with Gasteiger partial charge in [0.15, 0.2) is 0 Å². The second-order valence-corrected chi connectivity index (χ2v) is 5.99. The highest BCUT2D eigenvalue weighted by Crippen LogP contribution is 2.26. The van der Waals surface area contributed by atoms with Gasteiger partial charge in [0.2, 0.25) is 0 Å². The topological polar surface area (TPSA) is 64.4 Å². The summed E-state index contributed by atoms with van der Waals surface area (Å²) in [7, 11) is 0. The standard InChI is InChI=1S/C15H24N2O3/c1-6-11(2)20-14-8-7-13(17(18)19)9-12(14)10-16-15(3,4)5/h7-9,11,16H,6,10H2,1-5H3. The maximum atomic E-state index is 10.9. The summed E-state index contributed by atoms with van der Waals surface area (Å²) in [6.45, 7) is 10.7. The van der Waals surface area contributed by atoms with E-state index in [2.05, 4.69) is 26.1 Å². The van der Waals surface area contributed by atoms with E-state index in [1.54, 1.807) is 12.1 Å². The summed E-state index contributed by atoms with van der Waals surface area (Å²) in [5.41, 5.74) is 0.847.